The van der Waals surface area contributed by atoms with Gasteiger partial charge in [0.05, 0.1) is 5.69 Å². The van der Waals surface area contributed by atoms with E-state index in [1.165, 1.54) is 16.7 Å². The van der Waals surface area contributed by atoms with Crippen molar-refractivity contribution in [1.29, 1.82) is 0 Å². The van der Waals surface area contributed by atoms with Crippen molar-refractivity contribution in [3.63, 3.8) is 0 Å². The minimum Gasteiger partial charge on any atom is -0.351 e. The molecule has 1 aliphatic heterocycles. The van der Waals surface area contributed by atoms with Gasteiger partial charge in [-0.25, -0.2) is 14.2 Å². The molecule has 0 radical (unpaired) electrons. The molecule has 38 heavy (non-hydrogen) atoms. The Bertz CT molecular complexity index is 1590. The van der Waals surface area contributed by atoms with Crippen molar-refractivity contribution in [2.24, 2.45) is 11.8 Å². The van der Waals surface area contributed by atoms with Gasteiger partial charge in [-0.2, -0.15) is 4.98 Å². The number of rotatable bonds is 5. The van der Waals surface area contributed by atoms with Crippen LogP contribution in [-0.2, 0) is 0 Å². The molecule has 2 aromatic carbocycles. The molecule has 2 atom stereocenters. The highest BCUT2D eigenvalue weighted by Crippen LogP contribution is 2.47. The monoisotopic (exact) mass is 532 g/mol. The molecule has 1 aliphatic carbocycles. The van der Waals surface area contributed by atoms with Crippen LogP contribution in [0.5, 0.6) is 0 Å². The summed E-state index contributed by atoms with van der Waals surface area (Å²) in [5.41, 5.74) is 1.55. The van der Waals surface area contributed by atoms with Crippen molar-refractivity contribution < 1.29 is 9.18 Å². The molecular weight excluding hydrogens is 507 g/mol. The van der Waals surface area contributed by atoms with Gasteiger partial charge in [0.1, 0.15) is 5.82 Å². The minimum absolute atomic E-state index is 0.0365. The Hall–Kier alpha value is -3.98. The third-order valence-electron chi connectivity index (χ3n) is 7.18. The summed E-state index contributed by atoms with van der Waals surface area (Å²) in [5, 5.41) is 7.42. The van der Waals surface area contributed by atoms with E-state index in [2.05, 4.69) is 15.6 Å². The number of hydrogen-bond acceptors (Lipinski definition) is 5. The van der Waals surface area contributed by atoms with E-state index in [0.29, 0.717) is 63.7 Å². The Morgan fingerprint density at radius 1 is 1.08 bits per heavy atom. The molecular formula is C28H26ClFN6O2. The highest BCUT2D eigenvalue weighted by atomic mass is 35.5. The Balaban J connectivity index is 1.34. The van der Waals surface area contributed by atoms with Gasteiger partial charge in [-0.1, -0.05) is 29.8 Å². The predicted molar refractivity (Wildman–Crippen MR) is 145 cm³/mol. The summed E-state index contributed by atoms with van der Waals surface area (Å²) in [7, 11) is 0. The van der Waals surface area contributed by atoms with Gasteiger partial charge in [-0.3, -0.25) is 9.36 Å². The third-order valence-corrected chi connectivity index (χ3v) is 7.51. The molecule has 3 heterocycles. The third kappa shape index (κ3) is 4.36. The van der Waals surface area contributed by atoms with Crippen LogP contribution in [0.2, 0.25) is 5.02 Å². The van der Waals surface area contributed by atoms with E-state index in [1.54, 1.807) is 42.6 Å². The number of amides is 2. The second-order valence-corrected chi connectivity index (χ2v) is 10.5. The van der Waals surface area contributed by atoms with E-state index in [0.717, 1.165) is 0 Å². The summed E-state index contributed by atoms with van der Waals surface area (Å²) in [6, 6.07) is 14.8. The normalized spacial score (nSPS) is 20.0. The van der Waals surface area contributed by atoms with Gasteiger partial charge in [-0.15, -0.1) is 0 Å². The maximum atomic E-state index is 13.8. The number of likely N-dealkylation sites (tertiary alicyclic amines) is 1. The molecule has 6 rings (SSSR count). The first-order valence-corrected chi connectivity index (χ1v) is 12.9. The SMILES string of the molecule is CC(C)NC(=O)N1CC2C(C1)C2Nc1ncc2cc(-c3ccccc3Cl)c(=O)n(-c3ccc(F)cc3)c2n1. The maximum Gasteiger partial charge on any atom is 0.317 e. The molecule has 0 bridgehead atoms. The molecule has 194 valence electrons. The number of nitrogens with one attached hydrogen (secondary N) is 2. The second-order valence-electron chi connectivity index (χ2n) is 10.1. The lowest BCUT2D eigenvalue weighted by Crippen LogP contribution is -2.43. The summed E-state index contributed by atoms with van der Waals surface area (Å²) in [4.78, 5) is 37.2. The van der Waals surface area contributed by atoms with Crippen LogP contribution in [0, 0.1) is 17.7 Å². The van der Waals surface area contributed by atoms with Crippen molar-refractivity contribution in [2.45, 2.75) is 25.9 Å². The molecule has 1 saturated heterocycles. The van der Waals surface area contributed by atoms with E-state index >= 15 is 0 Å². The molecule has 2 amide bonds. The van der Waals surface area contributed by atoms with Gasteiger partial charge < -0.3 is 15.5 Å². The zero-order valence-electron chi connectivity index (χ0n) is 20.9. The first-order chi connectivity index (χ1) is 18.3. The maximum absolute atomic E-state index is 13.8. The van der Waals surface area contributed by atoms with Gasteiger partial charge in [0.15, 0.2) is 5.65 Å². The molecule has 2 N–H and O–H groups in total. The van der Waals surface area contributed by atoms with Crippen molar-refractivity contribution in [2.75, 3.05) is 18.4 Å². The number of halogens is 2. The standard InChI is InChI=1S/C28H26ClFN6O2/c1-15(2)32-28(38)35-13-21-22(14-35)24(21)33-27-31-12-16-11-20(19-5-3-4-6-23(19)29)26(37)36(25(16)34-27)18-9-7-17(30)8-10-18/h3-12,15,21-22,24H,13-14H2,1-2H3,(H,32,38)(H,31,33,34). The van der Waals surface area contributed by atoms with Crippen LogP contribution in [0.25, 0.3) is 27.8 Å². The lowest BCUT2D eigenvalue weighted by atomic mass is 10.1. The van der Waals surface area contributed by atoms with Crippen molar-refractivity contribution in [1.82, 2.24) is 24.8 Å². The fraction of sp³-hybridized carbons (Fsp3) is 0.286. The number of pyridine rings is 1. The Labute approximate surface area is 223 Å². The quantitative estimate of drug-likeness (QED) is 0.389. The highest BCUT2D eigenvalue weighted by Gasteiger charge is 2.57. The summed E-state index contributed by atoms with van der Waals surface area (Å²) in [6.07, 6.45) is 1.67. The van der Waals surface area contributed by atoms with Crippen LogP contribution in [0.1, 0.15) is 13.8 Å². The number of hydrogen-bond donors (Lipinski definition) is 2. The van der Waals surface area contributed by atoms with Gasteiger partial charge in [0.2, 0.25) is 5.95 Å². The van der Waals surface area contributed by atoms with Gasteiger partial charge in [0, 0.05) is 64.7 Å². The van der Waals surface area contributed by atoms with E-state index in [4.69, 9.17) is 16.6 Å². The second kappa shape index (κ2) is 9.40. The van der Waals surface area contributed by atoms with Crippen LogP contribution in [-0.4, -0.2) is 50.6 Å². The fourth-order valence-electron chi connectivity index (χ4n) is 5.26. The molecule has 2 fully saturated rings. The van der Waals surface area contributed by atoms with Gasteiger partial charge >= 0.3 is 6.03 Å². The predicted octanol–water partition coefficient (Wildman–Crippen LogP) is 4.70. The fourth-order valence-corrected chi connectivity index (χ4v) is 5.50. The molecule has 2 unspecified atom stereocenters. The summed E-state index contributed by atoms with van der Waals surface area (Å²) in [5.74, 6) is 0.653. The molecule has 2 aliphatic rings. The zero-order chi connectivity index (χ0) is 26.6. The summed E-state index contributed by atoms with van der Waals surface area (Å²) >= 11 is 6.42. The number of carbonyl (C=O) groups excluding carboxylic acids is 1. The van der Waals surface area contributed by atoms with Crippen LogP contribution in [0.15, 0.2) is 65.6 Å². The summed E-state index contributed by atoms with van der Waals surface area (Å²) < 4.78 is 15.2. The molecule has 10 heteroatoms. The van der Waals surface area contributed by atoms with E-state index in [-0.39, 0.29) is 23.7 Å². The van der Waals surface area contributed by atoms with Crippen LogP contribution in [0.3, 0.4) is 0 Å². The first kappa shape index (κ1) is 24.4. The number of carbonyl (C=O) groups is 1. The summed E-state index contributed by atoms with van der Waals surface area (Å²) in [6.45, 7) is 5.24. The van der Waals surface area contributed by atoms with Gasteiger partial charge in [0.25, 0.3) is 5.56 Å². The van der Waals surface area contributed by atoms with Crippen molar-refractivity contribution >= 4 is 34.6 Å². The number of urea groups is 1. The Kier molecular flexibility index (Phi) is 6.03. The Morgan fingerprint density at radius 2 is 1.79 bits per heavy atom. The first-order valence-electron chi connectivity index (χ1n) is 12.6. The molecule has 2 aromatic heterocycles. The van der Waals surface area contributed by atoms with E-state index in [1.807, 2.05) is 24.8 Å². The number of benzene rings is 2. The Morgan fingerprint density at radius 3 is 2.47 bits per heavy atom. The van der Waals surface area contributed by atoms with Crippen molar-refractivity contribution in [3.8, 4) is 16.8 Å². The molecule has 4 aromatic rings. The largest absolute Gasteiger partial charge is 0.351 e. The van der Waals surface area contributed by atoms with Crippen LogP contribution >= 0.6 is 11.6 Å². The number of anilines is 1. The van der Waals surface area contributed by atoms with E-state index < -0.39 is 5.82 Å². The lowest BCUT2D eigenvalue weighted by molar-refractivity contribution is 0.200. The number of fused-ring (bicyclic) bond motifs is 2. The number of aromatic nitrogens is 3. The molecule has 0 spiro atoms. The average Bonchev–Trinajstić information content (AvgIpc) is 3.30. The lowest BCUT2D eigenvalue weighted by Gasteiger charge is -2.22. The average molecular weight is 533 g/mol. The highest BCUT2D eigenvalue weighted by molar-refractivity contribution is 6.33. The minimum atomic E-state index is -0.401. The number of piperidine rings is 1. The zero-order valence-corrected chi connectivity index (χ0v) is 21.6. The van der Waals surface area contributed by atoms with E-state index in [9.17, 15) is 14.0 Å². The number of nitrogens with zero attached hydrogens (tertiary/aromatic N) is 4. The van der Waals surface area contributed by atoms with Crippen LogP contribution in [0.4, 0.5) is 15.1 Å². The molecule has 1 saturated carbocycles. The van der Waals surface area contributed by atoms with Crippen LogP contribution < -0.4 is 16.2 Å². The smallest absolute Gasteiger partial charge is 0.317 e. The molecule has 8 nitrogen and oxygen atoms in total. The van der Waals surface area contributed by atoms with Crippen molar-refractivity contribution in [3.05, 3.63) is 82.0 Å². The van der Waals surface area contributed by atoms with Gasteiger partial charge in [-0.05, 0) is 50.2 Å². The topological polar surface area (TPSA) is 92.2 Å².